The average Bonchev–Trinajstić information content (AvgIpc) is 3.52. The number of primary amides is 1. The van der Waals surface area contributed by atoms with Gasteiger partial charge in [-0.1, -0.05) is 19.3 Å². The molecule has 0 aromatic carbocycles. The first-order valence-corrected chi connectivity index (χ1v) is 12.4. The Morgan fingerprint density at radius 3 is 2.76 bits per heavy atom. The molecule has 5 rings (SSSR count). The van der Waals surface area contributed by atoms with Crippen LogP contribution in [0.25, 0.3) is 10.6 Å². The molecule has 0 spiro atoms. The number of ketones is 1. The number of alkyl halides is 1. The Morgan fingerprint density at radius 1 is 1.27 bits per heavy atom. The van der Waals surface area contributed by atoms with Gasteiger partial charge in [0, 0.05) is 12.7 Å². The van der Waals surface area contributed by atoms with Gasteiger partial charge in [-0.2, -0.15) is 0 Å². The van der Waals surface area contributed by atoms with Crippen molar-refractivity contribution in [1.29, 1.82) is 0 Å². The molecule has 3 aliphatic rings. The molecule has 2 saturated heterocycles. The van der Waals surface area contributed by atoms with Crippen molar-refractivity contribution in [3.05, 3.63) is 29.3 Å². The van der Waals surface area contributed by atoms with E-state index in [4.69, 9.17) is 22.1 Å². The van der Waals surface area contributed by atoms with E-state index in [1.807, 2.05) is 0 Å². The van der Waals surface area contributed by atoms with Gasteiger partial charge in [0.25, 0.3) is 5.91 Å². The highest BCUT2D eigenvalue weighted by Crippen LogP contribution is 2.44. The molecule has 0 unspecified atom stereocenters. The molecule has 4 heterocycles. The summed E-state index contributed by atoms with van der Waals surface area (Å²) in [6, 6.07) is 1.04. The van der Waals surface area contributed by atoms with Crippen LogP contribution < -0.4 is 5.73 Å². The van der Waals surface area contributed by atoms with E-state index >= 15 is 0 Å². The molecule has 0 radical (unpaired) electrons. The molecule has 2 N–H and O–H groups in total. The molecular weight excluding hydrogens is 466 g/mol. The number of carbonyl (C=O) groups excluding carboxylic acids is 3. The lowest BCUT2D eigenvalue weighted by Gasteiger charge is -2.33. The van der Waals surface area contributed by atoms with Crippen LogP contribution in [0, 0.1) is 5.92 Å². The van der Waals surface area contributed by atoms with E-state index in [2.05, 4.69) is 15.0 Å². The number of aromatic nitrogens is 3. The van der Waals surface area contributed by atoms with Crippen molar-refractivity contribution < 1.29 is 19.1 Å². The summed E-state index contributed by atoms with van der Waals surface area (Å²) in [4.78, 5) is 53.8. The summed E-state index contributed by atoms with van der Waals surface area (Å²) in [5.41, 5.74) is 6.63. The zero-order valence-corrected chi connectivity index (χ0v) is 19.4. The Kier molecular flexibility index (Phi) is 6.15. The SMILES string of the molecule is NC(=O)c1nc([C@@H](C(=O)N2C[C@H](Cl)[C@H]3OCC(=O)[C@H]32)C2CCCCC2)c(-c2ccncn2)s1. The van der Waals surface area contributed by atoms with Crippen molar-refractivity contribution in [1.82, 2.24) is 19.9 Å². The third kappa shape index (κ3) is 4.04. The van der Waals surface area contributed by atoms with E-state index in [-0.39, 0.29) is 35.8 Å². The number of carbonyl (C=O) groups is 3. The maximum atomic E-state index is 14.1. The number of hydrogen-bond donors (Lipinski definition) is 1. The smallest absolute Gasteiger partial charge is 0.277 e. The van der Waals surface area contributed by atoms with E-state index in [1.54, 1.807) is 17.2 Å². The summed E-state index contributed by atoms with van der Waals surface area (Å²) in [7, 11) is 0. The van der Waals surface area contributed by atoms with Crippen molar-refractivity contribution in [2.75, 3.05) is 13.2 Å². The number of nitrogens with two attached hydrogens (primary N) is 1. The molecule has 33 heavy (non-hydrogen) atoms. The van der Waals surface area contributed by atoms with Crippen LogP contribution in [0.1, 0.15) is 53.5 Å². The molecule has 3 fully saturated rings. The number of rotatable bonds is 5. The first-order valence-electron chi connectivity index (χ1n) is 11.1. The van der Waals surface area contributed by atoms with Gasteiger partial charge in [0.05, 0.1) is 27.6 Å². The molecule has 2 aromatic heterocycles. The number of ether oxygens (including phenoxy) is 1. The molecule has 2 aliphatic heterocycles. The molecule has 11 heteroatoms. The number of thiazole rings is 1. The number of Topliss-reactive ketones (excluding diaryl/α,β-unsaturated/α-hetero) is 1. The largest absolute Gasteiger partial charge is 0.366 e. The summed E-state index contributed by atoms with van der Waals surface area (Å²) in [6.07, 6.45) is 7.38. The highest BCUT2D eigenvalue weighted by atomic mass is 35.5. The Bertz CT molecular complexity index is 1070. The lowest BCUT2D eigenvalue weighted by atomic mass is 9.77. The second kappa shape index (κ2) is 9.08. The number of amides is 2. The molecule has 1 aliphatic carbocycles. The van der Waals surface area contributed by atoms with Crippen molar-refractivity contribution in [3.63, 3.8) is 0 Å². The topological polar surface area (TPSA) is 128 Å². The highest BCUT2D eigenvalue weighted by molar-refractivity contribution is 7.17. The van der Waals surface area contributed by atoms with Crippen molar-refractivity contribution in [2.24, 2.45) is 11.7 Å². The molecule has 9 nitrogen and oxygen atoms in total. The van der Waals surface area contributed by atoms with Crippen molar-refractivity contribution in [3.8, 4) is 10.6 Å². The van der Waals surface area contributed by atoms with Crippen molar-refractivity contribution in [2.45, 2.75) is 55.5 Å². The summed E-state index contributed by atoms with van der Waals surface area (Å²) < 4.78 is 5.57. The van der Waals surface area contributed by atoms with Crippen molar-refractivity contribution >= 4 is 40.5 Å². The summed E-state index contributed by atoms with van der Waals surface area (Å²) in [5.74, 6) is -1.59. The minimum atomic E-state index is -0.678. The highest BCUT2D eigenvalue weighted by Gasteiger charge is 2.53. The normalized spacial score (nSPS) is 26.4. The van der Waals surface area contributed by atoms with Crippen LogP contribution >= 0.6 is 22.9 Å². The molecule has 174 valence electrons. The van der Waals surface area contributed by atoms with E-state index in [1.165, 1.54) is 6.33 Å². The van der Waals surface area contributed by atoms with Crippen LogP contribution in [0.4, 0.5) is 0 Å². The van der Waals surface area contributed by atoms with E-state index in [0.717, 1.165) is 43.4 Å². The van der Waals surface area contributed by atoms with Crippen LogP contribution in [0.5, 0.6) is 0 Å². The Hall–Kier alpha value is -2.43. The Balaban J connectivity index is 1.60. The van der Waals surface area contributed by atoms with Gasteiger partial charge < -0.3 is 15.4 Å². The zero-order valence-electron chi connectivity index (χ0n) is 17.9. The predicted octanol–water partition coefficient (Wildman–Crippen LogP) is 2.15. The van der Waals surface area contributed by atoms with E-state index in [9.17, 15) is 14.4 Å². The zero-order chi connectivity index (χ0) is 23.1. The number of likely N-dealkylation sites (tertiary alicyclic amines) is 1. The predicted molar refractivity (Wildman–Crippen MR) is 121 cm³/mol. The van der Waals surface area contributed by atoms with E-state index in [0.29, 0.717) is 16.3 Å². The third-order valence-corrected chi connectivity index (χ3v) is 8.26. The first kappa shape index (κ1) is 22.4. The molecule has 4 atom stereocenters. The fourth-order valence-electron chi connectivity index (χ4n) is 5.27. The van der Waals surface area contributed by atoms with Crippen LogP contribution in [0.15, 0.2) is 18.6 Å². The summed E-state index contributed by atoms with van der Waals surface area (Å²) in [6.45, 7) is 0.200. The van der Waals surface area contributed by atoms with Gasteiger partial charge in [0.15, 0.2) is 10.8 Å². The van der Waals surface area contributed by atoms with Crippen LogP contribution in [0.3, 0.4) is 0 Å². The molecule has 2 amide bonds. The molecule has 2 aromatic rings. The average molecular weight is 490 g/mol. The number of halogens is 1. The Morgan fingerprint density at radius 2 is 2.06 bits per heavy atom. The van der Waals surface area contributed by atoms with Gasteiger partial charge >= 0.3 is 0 Å². The van der Waals surface area contributed by atoms with Gasteiger partial charge in [-0.05, 0) is 24.8 Å². The number of hydrogen-bond acceptors (Lipinski definition) is 8. The second-order valence-corrected chi connectivity index (χ2v) is 10.3. The summed E-state index contributed by atoms with van der Waals surface area (Å²) >= 11 is 7.59. The maximum Gasteiger partial charge on any atom is 0.277 e. The number of fused-ring (bicyclic) bond motifs is 1. The maximum absolute atomic E-state index is 14.1. The van der Waals surface area contributed by atoms with Crippen LogP contribution in [0.2, 0.25) is 0 Å². The Labute approximate surface area is 199 Å². The van der Waals surface area contributed by atoms with Gasteiger partial charge in [-0.25, -0.2) is 15.0 Å². The van der Waals surface area contributed by atoms with Gasteiger partial charge in [-0.15, -0.1) is 22.9 Å². The molecule has 1 saturated carbocycles. The molecular formula is C22H24ClN5O4S. The minimum absolute atomic E-state index is 0.0277. The van der Waals surface area contributed by atoms with Gasteiger partial charge in [0.1, 0.15) is 25.1 Å². The van der Waals surface area contributed by atoms with Gasteiger partial charge in [-0.3, -0.25) is 14.4 Å². The van der Waals surface area contributed by atoms with E-state index < -0.39 is 29.3 Å². The van der Waals surface area contributed by atoms with Crippen LogP contribution in [-0.4, -0.2) is 68.1 Å². The molecule has 0 bridgehead atoms. The monoisotopic (exact) mass is 489 g/mol. The second-order valence-electron chi connectivity index (χ2n) is 8.76. The van der Waals surface area contributed by atoms with Gasteiger partial charge in [0.2, 0.25) is 5.91 Å². The lowest BCUT2D eigenvalue weighted by Crippen LogP contribution is -2.46. The fourth-order valence-corrected chi connectivity index (χ4v) is 6.57. The fraction of sp³-hybridized carbons (Fsp3) is 0.545. The minimum Gasteiger partial charge on any atom is -0.366 e. The first-order chi connectivity index (χ1) is 16.0. The number of nitrogens with zero attached hydrogens (tertiary/aromatic N) is 4. The lowest BCUT2D eigenvalue weighted by molar-refractivity contribution is -0.139. The standard InChI is InChI=1S/C22H24ClN5O4S/c23-12-8-28(17-14(29)9-32-18(12)17)22(31)15(11-4-2-1-3-5-11)16-19(13-6-7-25-10-26-13)33-21(27-16)20(24)30/h6-7,10-12,15,17-18H,1-5,8-9H2,(H2,24,30)/t12-,15-,17+,18+/m0/s1. The quantitative estimate of drug-likeness (QED) is 0.637. The van der Waals surface area contributed by atoms with Crippen LogP contribution in [-0.2, 0) is 14.3 Å². The third-order valence-electron chi connectivity index (χ3n) is 6.77. The summed E-state index contributed by atoms with van der Waals surface area (Å²) in [5, 5.41) is -0.322.